The summed E-state index contributed by atoms with van der Waals surface area (Å²) in [4.78, 5) is 19.5. The lowest BCUT2D eigenvalue weighted by molar-refractivity contribution is 0.0792. The van der Waals surface area contributed by atoms with Crippen LogP contribution in [-0.2, 0) is 0 Å². The first-order valence-electron chi connectivity index (χ1n) is 6.56. The summed E-state index contributed by atoms with van der Waals surface area (Å²) in [5.41, 5.74) is 1.78. The topological polar surface area (TPSA) is 39.3 Å². The van der Waals surface area contributed by atoms with Gasteiger partial charge in [-0.1, -0.05) is 6.07 Å². The number of hydrogen-bond acceptors (Lipinski definition) is 2. The van der Waals surface area contributed by atoms with E-state index in [4.69, 9.17) is 0 Å². The summed E-state index contributed by atoms with van der Waals surface area (Å²) in [5, 5.41) is 0.993. The number of carbonyl (C=O) groups is 1. The van der Waals surface area contributed by atoms with E-state index in [1.54, 1.807) is 4.90 Å². The average Bonchev–Trinajstić information content (AvgIpc) is 2.85. The molecule has 0 saturated heterocycles. The number of aromatic nitrogens is 1. The molecule has 0 aliphatic carbocycles. The van der Waals surface area contributed by atoms with Gasteiger partial charge in [-0.3, -0.25) is 4.79 Å². The molecule has 4 heteroatoms. The van der Waals surface area contributed by atoms with Gasteiger partial charge in [0.15, 0.2) is 0 Å². The molecular formula is C15H21N3O. The van der Waals surface area contributed by atoms with E-state index >= 15 is 0 Å². The Labute approximate surface area is 114 Å². The predicted octanol–water partition coefficient (Wildman–Crippen LogP) is 2.19. The van der Waals surface area contributed by atoms with Crippen LogP contribution in [0.1, 0.15) is 16.8 Å². The van der Waals surface area contributed by atoms with Crippen molar-refractivity contribution < 1.29 is 4.79 Å². The SMILES string of the molecule is CN(C)CCCN(C)C(=O)c1cccc2[nH]ccc12. The highest BCUT2D eigenvalue weighted by Gasteiger charge is 2.14. The molecule has 0 fully saturated rings. The zero-order valence-corrected chi connectivity index (χ0v) is 11.8. The summed E-state index contributed by atoms with van der Waals surface area (Å²) in [6, 6.07) is 7.75. The first-order chi connectivity index (χ1) is 9.09. The van der Waals surface area contributed by atoms with E-state index in [9.17, 15) is 4.79 Å². The molecule has 0 atom stereocenters. The van der Waals surface area contributed by atoms with E-state index in [0.29, 0.717) is 0 Å². The van der Waals surface area contributed by atoms with Crippen molar-refractivity contribution in [3.05, 3.63) is 36.0 Å². The number of H-pyrrole nitrogens is 1. The van der Waals surface area contributed by atoms with Crippen molar-refractivity contribution in [2.75, 3.05) is 34.2 Å². The Balaban J connectivity index is 2.08. The third kappa shape index (κ3) is 3.15. The van der Waals surface area contributed by atoms with Crippen LogP contribution in [0.25, 0.3) is 10.9 Å². The molecule has 102 valence electrons. The van der Waals surface area contributed by atoms with E-state index in [0.717, 1.165) is 36.0 Å². The van der Waals surface area contributed by atoms with Crippen molar-refractivity contribution in [1.82, 2.24) is 14.8 Å². The molecule has 1 aromatic heterocycles. The van der Waals surface area contributed by atoms with Crippen LogP contribution in [-0.4, -0.2) is 54.9 Å². The van der Waals surface area contributed by atoms with Crippen LogP contribution < -0.4 is 0 Å². The lowest BCUT2D eigenvalue weighted by Gasteiger charge is -2.19. The number of nitrogens with one attached hydrogen (secondary N) is 1. The van der Waals surface area contributed by atoms with Gasteiger partial charge in [-0.15, -0.1) is 0 Å². The van der Waals surface area contributed by atoms with E-state index in [1.807, 2.05) is 51.6 Å². The number of amides is 1. The maximum absolute atomic E-state index is 12.4. The Bertz CT molecular complexity index is 559. The van der Waals surface area contributed by atoms with Crippen molar-refractivity contribution in [1.29, 1.82) is 0 Å². The number of rotatable bonds is 5. The number of hydrogen-bond donors (Lipinski definition) is 1. The van der Waals surface area contributed by atoms with Gasteiger partial charge in [-0.25, -0.2) is 0 Å². The lowest BCUT2D eigenvalue weighted by Crippen LogP contribution is -2.29. The third-order valence-corrected chi connectivity index (χ3v) is 3.27. The summed E-state index contributed by atoms with van der Waals surface area (Å²) in [6.07, 6.45) is 2.85. The van der Waals surface area contributed by atoms with Gasteiger partial charge in [0, 0.05) is 36.3 Å². The number of carbonyl (C=O) groups excluding carboxylic acids is 1. The Hall–Kier alpha value is -1.81. The zero-order valence-electron chi connectivity index (χ0n) is 11.8. The molecule has 0 aliphatic heterocycles. The largest absolute Gasteiger partial charge is 0.361 e. The van der Waals surface area contributed by atoms with Crippen LogP contribution in [0, 0.1) is 0 Å². The van der Waals surface area contributed by atoms with Gasteiger partial charge >= 0.3 is 0 Å². The van der Waals surface area contributed by atoms with Crippen LogP contribution in [0.3, 0.4) is 0 Å². The summed E-state index contributed by atoms with van der Waals surface area (Å²) in [6.45, 7) is 1.77. The number of fused-ring (bicyclic) bond motifs is 1. The van der Waals surface area contributed by atoms with Crippen molar-refractivity contribution in [2.24, 2.45) is 0 Å². The van der Waals surface area contributed by atoms with E-state index in [1.165, 1.54) is 0 Å². The normalized spacial score (nSPS) is 11.2. The van der Waals surface area contributed by atoms with Crippen molar-refractivity contribution in [2.45, 2.75) is 6.42 Å². The summed E-state index contributed by atoms with van der Waals surface area (Å²) >= 11 is 0. The van der Waals surface area contributed by atoms with Crippen molar-refractivity contribution in [3.63, 3.8) is 0 Å². The van der Waals surface area contributed by atoms with Crippen LogP contribution in [0.15, 0.2) is 30.5 Å². The summed E-state index contributed by atoms with van der Waals surface area (Å²) in [5.74, 6) is 0.0870. The second-order valence-corrected chi connectivity index (χ2v) is 5.13. The molecular weight excluding hydrogens is 238 g/mol. The van der Waals surface area contributed by atoms with Crippen molar-refractivity contribution in [3.8, 4) is 0 Å². The van der Waals surface area contributed by atoms with E-state index < -0.39 is 0 Å². The molecule has 1 aromatic carbocycles. The van der Waals surface area contributed by atoms with Gasteiger partial charge in [0.25, 0.3) is 5.91 Å². The molecule has 19 heavy (non-hydrogen) atoms. The van der Waals surface area contributed by atoms with Crippen LogP contribution in [0.4, 0.5) is 0 Å². The Morgan fingerprint density at radius 3 is 2.68 bits per heavy atom. The quantitative estimate of drug-likeness (QED) is 0.894. The minimum Gasteiger partial charge on any atom is -0.361 e. The standard InChI is InChI=1S/C15H21N3O/c1-17(2)10-5-11-18(3)15(19)13-6-4-7-14-12(13)8-9-16-14/h4,6-9,16H,5,10-11H2,1-3H3. The zero-order chi connectivity index (χ0) is 13.8. The highest BCUT2D eigenvalue weighted by atomic mass is 16.2. The lowest BCUT2D eigenvalue weighted by atomic mass is 10.1. The van der Waals surface area contributed by atoms with Crippen LogP contribution >= 0.6 is 0 Å². The Morgan fingerprint density at radius 1 is 1.16 bits per heavy atom. The van der Waals surface area contributed by atoms with Gasteiger partial charge in [0.05, 0.1) is 0 Å². The fraction of sp³-hybridized carbons (Fsp3) is 0.400. The molecule has 0 unspecified atom stereocenters. The maximum Gasteiger partial charge on any atom is 0.254 e. The molecule has 2 rings (SSSR count). The fourth-order valence-corrected chi connectivity index (χ4v) is 2.20. The van der Waals surface area contributed by atoms with Gasteiger partial charge in [0.2, 0.25) is 0 Å². The average molecular weight is 259 g/mol. The molecule has 0 bridgehead atoms. The minimum atomic E-state index is 0.0870. The number of benzene rings is 1. The number of nitrogens with zero attached hydrogens (tertiary/aromatic N) is 2. The van der Waals surface area contributed by atoms with Crippen LogP contribution in [0.5, 0.6) is 0 Å². The van der Waals surface area contributed by atoms with Gasteiger partial charge in [0.1, 0.15) is 0 Å². The van der Waals surface area contributed by atoms with E-state index in [2.05, 4.69) is 9.88 Å². The molecule has 0 spiro atoms. The van der Waals surface area contributed by atoms with Gasteiger partial charge < -0.3 is 14.8 Å². The molecule has 0 saturated carbocycles. The molecule has 1 heterocycles. The molecule has 0 radical (unpaired) electrons. The second-order valence-electron chi connectivity index (χ2n) is 5.13. The predicted molar refractivity (Wildman–Crippen MR) is 78.4 cm³/mol. The Kier molecular flexibility index (Phi) is 4.22. The van der Waals surface area contributed by atoms with Crippen LogP contribution in [0.2, 0.25) is 0 Å². The summed E-state index contributed by atoms with van der Waals surface area (Å²) < 4.78 is 0. The van der Waals surface area contributed by atoms with E-state index in [-0.39, 0.29) is 5.91 Å². The molecule has 0 aliphatic rings. The Morgan fingerprint density at radius 2 is 1.95 bits per heavy atom. The molecule has 2 aromatic rings. The van der Waals surface area contributed by atoms with Crippen molar-refractivity contribution >= 4 is 16.8 Å². The third-order valence-electron chi connectivity index (χ3n) is 3.27. The molecule has 4 nitrogen and oxygen atoms in total. The highest BCUT2D eigenvalue weighted by molar-refractivity contribution is 6.06. The summed E-state index contributed by atoms with van der Waals surface area (Å²) in [7, 11) is 5.95. The highest BCUT2D eigenvalue weighted by Crippen LogP contribution is 2.18. The monoisotopic (exact) mass is 259 g/mol. The molecule has 1 amide bonds. The maximum atomic E-state index is 12.4. The minimum absolute atomic E-state index is 0.0870. The van der Waals surface area contributed by atoms with Gasteiger partial charge in [-0.05, 0) is 45.3 Å². The molecule has 1 N–H and O–H groups in total. The first kappa shape index (κ1) is 13.6. The van der Waals surface area contributed by atoms with Gasteiger partial charge in [-0.2, -0.15) is 0 Å². The first-order valence-corrected chi connectivity index (χ1v) is 6.56. The second kappa shape index (κ2) is 5.89. The number of aromatic amines is 1. The smallest absolute Gasteiger partial charge is 0.254 e. The fourth-order valence-electron chi connectivity index (χ4n) is 2.20.